The maximum absolute atomic E-state index is 5.59. The largest absolute Gasteiger partial charge is 0.379 e. The molecule has 0 saturated heterocycles. The van der Waals surface area contributed by atoms with Gasteiger partial charge in [0.2, 0.25) is 0 Å². The van der Waals surface area contributed by atoms with E-state index in [4.69, 9.17) is 4.74 Å². The van der Waals surface area contributed by atoms with Crippen molar-refractivity contribution in [3.63, 3.8) is 0 Å². The second kappa shape index (κ2) is 10.4. The molecule has 0 spiro atoms. The third-order valence-electron chi connectivity index (χ3n) is 3.31. The van der Waals surface area contributed by atoms with Crippen molar-refractivity contribution in [3.8, 4) is 0 Å². The smallest absolute Gasteiger partial charge is 0.191 e. The van der Waals surface area contributed by atoms with E-state index in [1.807, 2.05) is 11.3 Å². The van der Waals surface area contributed by atoms with Crippen LogP contribution in [-0.2, 0) is 17.7 Å². The number of rotatable bonds is 8. The monoisotopic (exact) mass is 423 g/mol. The second-order valence-electron chi connectivity index (χ2n) is 5.09. The average molecular weight is 423 g/mol. The van der Waals surface area contributed by atoms with E-state index in [0.29, 0.717) is 0 Å². The number of aryl methyl sites for hydroxylation is 1. The van der Waals surface area contributed by atoms with Gasteiger partial charge in [-0.1, -0.05) is 6.92 Å². The number of halogens is 1. The van der Waals surface area contributed by atoms with Crippen molar-refractivity contribution in [2.75, 3.05) is 26.8 Å². The Morgan fingerprint density at radius 1 is 1.33 bits per heavy atom. The lowest BCUT2D eigenvalue weighted by molar-refractivity contribution is 0.129. The molecule has 0 unspecified atom stereocenters. The molecule has 0 radical (unpaired) electrons. The molecule has 1 aliphatic carbocycles. The highest BCUT2D eigenvalue weighted by Crippen LogP contribution is 2.28. The first-order valence-electron chi connectivity index (χ1n) is 7.41. The highest BCUT2D eigenvalue weighted by Gasteiger charge is 2.20. The first kappa shape index (κ1) is 18.7. The van der Waals surface area contributed by atoms with Crippen molar-refractivity contribution in [1.29, 1.82) is 0 Å². The van der Waals surface area contributed by atoms with Crippen LogP contribution in [0.3, 0.4) is 0 Å². The molecule has 4 nitrogen and oxygen atoms in total. The summed E-state index contributed by atoms with van der Waals surface area (Å²) in [7, 11) is 1.80. The fourth-order valence-electron chi connectivity index (χ4n) is 1.87. The quantitative estimate of drug-likeness (QED) is 0.293. The summed E-state index contributed by atoms with van der Waals surface area (Å²) in [5.74, 6) is 1.67. The number of thiophene rings is 1. The van der Waals surface area contributed by atoms with Crippen molar-refractivity contribution < 1.29 is 4.74 Å². The van der Waals surface area contributed by atoms with Gasteiger partial charge in [-0.15, -0.1) is 35.3 Å². The van der Waals surface area contributed by atoms with Crippen LogP contribution in [0.15, 0.2) is 17.1 Å². The number of guanidine groups is 1. The van der Waals surface area contributed by atoms with Crippen LogP contribution in [0.4, 0.5) is 0 Å². The summed E-state index contributed by atoms with van der Waals surface area (Å²) in [6, 6.07) is 4.38. The summed E-state index contributed by atoms with van der Waals surface area (Å²) in [5.41, 5.74) is 0. The van der Waals surface area contributed by atoms with E-state index in [2.05, 4.69) is 34.7 Å². The van der Waals surface area contributed by atoms with Crippen LogP contribution < -0.4 is 10.6 Å². The van der Waals surface area contributed by atoms with E-state index < -0.39 is 0 Å². The van der Waals surface area contributed by atoms with Gasteiger partial charge in [0.1, 0.15) is 0 Å². The van der Waals surface area contributed by atoms with Gasteiger partial charge in [-0.3, -0.25) is 4.99 Å². The summed E-state index contributed by atoms with van der Waals surface area (Å²) in [4.78, 5) is 6.99. The van der Waals surface area contributed by atoms with Crippen LogP contribution in [0.25, 0.3) is 0 Å². The fourth-order valence-corrected chi connectivity index (χ4v) is 2.77. The highest BCUT2D eigenvalue weighted by atomic mass is 127. The molecule has 0 amide bonds. The molecule has 1 aromatic heterocycles. The molecule has 1 saturated carbocycles. The van der Waals surface area contributed by atoms with Crippen LogP contribution in [-0.4, -0.2) is 32.8 Å². The molecule has 1 heterocycles. The number of ether oxygens (including phenoxy) is 1. The van der Waals surface area contributed by atoms with Gasteiger partial charge in [0.15, 0.2) is 5.96 Å². The Morgan fingerprint density at radius 2 is 2.10 bits per heavy atom. The molecule has 0 atom stereocenters. The Morgan fingerprint density at radius 3 is 2.71 bits per heavy atom. The van der Waals surface area contributed by atoms with E-state index >= 15 is 0 Å². The summed E-state index contributed by atoms with van der Waals surface area (Å²) in [5, 5.41) is 6.60. The molecule has 0 aliphatic heterocycles. The lowest BCUT2D eigenvalue weighted by Gasteiger charge is -2.11. The average Bonchev–Trinajstić information content (AvgIpc) is 3.18. The Labute approximate surface area is 148 Å². The van der Waals surface area contributed by atoms with Crippen LogP contribution in [0, 0.1) is 5.92 Å². The number of hydrogen-bond donors (Lipinski definition) is 2. The number of nitrogens with one attached hydrogen (secondary N) is 2. The van der Waals surface area contributed by atoms with Crippen molar-refractivity contribution in [3.05, 3.63) is 21.9 Å². The van der Waals surface area contributed by atoms with Gasteiger partial charge in [-0.25, -0.2) is 0 Å². The van der Waals surface area contributed by atoms with Gasteiger partial charge >= 0.3 is 0 Å². The Hall–Kier alpha value is -0.340. The van der Waals surface area contributed by atoms with E-state index in [0.717, 1.165) is 44.6 Å². The Kier molecular flexibility index (Phi) is 9.26. The normalized spacial score (nSPS) is 14.7. The molecule has 21 heavy (non-hydrogen) atoms. The molecule has 1 aliphatic rings. The number of aliphatic imine (C=N–C) groups is 1. The fraction of sp³-hybridized carbons (Fsp3) is 0.667. The molecule has 6 heteroatoms. The highest BCUT2D eigenvalue weighted by molar-refractivity contribution is 14.0. The SMILES string of the molecule is CCc1ccc(CNC(=NC)NCCOCC2CC2)s1.I. The predicted molar refractivity (Wildman–Crippen MR) is 101 cm³/mol. The van der Waals surface area contributed by atoms with Crippen molar-refractivity contribution >= 4 is 41.3 Å². The standard InChI is InChI=1S/C15H25N3OS.HI/c1-3-13-6-7-14(20-13)10-18-15(16-2)17-8-9-19-11-12-4-5-12;/h6-7,12H,3-5,8-11H2,1-2H3,(H2,16,17,18);1H. The summed E-state index contributed by atoms with van der Waals surface area (Å²) < 4.78 is 5.59. The Balaban J connectivity index is 0.00000220. The zero-order valence-electron chi connectivity index (χ0n) is 12.9. The summed E-state index contributed by atoms with van der Waals surface area (Å²) in [6.07, 6.45) is 3.80. The molecule has 2 rings (SSSR count). The first-order chi connectivity index (χ1) is 9.81. The molecular weight excluding hydrogens is 397 g/mol. The predicted octanol–water partition coefficient (Wildman–Crippen LogP) is 3.02. The van der Waals surface area contributed by atoms with E-state index in [1.165, 1.54) is 22.6 Å². The molecule has 120 valence electrons. The van der Waals surface area contributed by atoms with Crippen LogP contribution in [0.2, 0.25) is 0 Å². The summed E-state index contributed by atoms with van der Waals surface area (Å²) >= 11 is 1.86. The van der Waals surface area contributed by atoms with E-state index in [9.17, 15) is 0 Å². The zero-order valence-corrected chi connectivity index (χ0v) is 16.0. The van der Waals surface area contributed by atoms with Crippen LogP contribution in [0.1, 0.15) is 29.5 Å². The minimum Gasteiger partial charge on any atom is -0.379 e. The molecule has 2 N–H and O–H groups in total. The van der Waals surface area contributed by atoms with Crippen molar-refractivity contribution in [2.24, 2.45) is 10.9 Å². The van der Waals surface area contributed by atoms with Gasteiger partial charge in [-0.05, 0) is 37.3 Å². The van der Waals surface area contributed by atoms with Gasteiger partial charge < -0.3 is 15.4 Å². The lowest BCUT2D eigenvalue weighted by atomic mass is 10.4. The number of hydrogen-bond acceptors (Lipinski definition) is 3. The van der Waals surface area contributed by atoms with Crippen molar-refractivity contribution in [2.45, 2.75) is 32.7 Å². The molecule has 0 aromatic carbocycles. The van der Waals surface area contributed by atoms with Gasteiger partial charge in [-0.2, -0.15) is 0 Å². The van der Waals surface area contributed by atoms with Crippen LogP contribution >= 0.6 is 35.3 Å². The second-order valence-corrected chi connectivity index (χ2v) is 6.35. The minimum atomic E-state index is 0. The first-order valence-corrected chi connectivity index (χ1v) is 8.23. The maximum Gasteiger partial charge on any atom is 0.191 e. The number of nitrogens with zero attached hydrogens (tertiary/aromatic N) is 1. The van der Waals surface area contributed by atoms with Crippen molar-refractivity contribution in [1.82, 2.24) is 10.6 Å². The third kappa shape index (κ3) is 7.46. The Bertz CT molecular complexity index is 432. The topological polar surface area (TPSA) is 45.7 Å². The zero-order chi connectivity index (χ0) is 14.2. The van der Waals surface area contributed by atoms with Gasteiger partial charge in [0, 0.05) is 30.0 Å². The molecule has 1 aromatic rings. The van der Waals surface area contributed by atoms with Crippen LogP contribution in [0.5, 0.6) is 0 Å². The third-order valence-corrected chi connectivity index (χ3v) is 4.54. The summed E-state index contributed by atoms with van der Waals surface area (Å²) in [6.45, 7) is 5.48. The lowest BCUT2D eigenvalue weighted by Crippen LogP contribution is -2.38. The van der Waals surface area contributed by atoms with E-state index in [1.54, 1.807) is 7.05 Å². The van der Waals surface area contributed by atoms with E-state index in [-0.39, 0.29) is 24.0 Å². The maximum atomic E-state index is 5.59. The molecule has 0 bridgehead atoms. The minimum absolute atomic E-state index is 0. The van der Waals surface area contributed by atoms with Gasteiger partial charge in [0.25, 0.3) is 0 Å². The molecular formula is C15H26IN3OS. The molecule has 1 fully saturated rings. The van der Waals surface area contributed by atoms with Gasteiger partial charge in [0.05, 0.1) is 13.2 Å².